The van der Waals surface area contributed by atoms with E-state index in [1.54, 1.807) is 11.0 Å². The van der Waals surface area contributed by atoms with E-state index in [-0.39, 0.29) is 0 Å². The van der Waals surface area contributed by atoms with Crippen molar-refractivity contribution in [2.24, 2.45) is 0 Å². The molecule has 0 atom stereocenters. The molecule has 0 aliphatic heterocycles. The molecule has 0 bridgehead atoms. The van der Waals surface area contributed by atoms with Gasteiger partial charge in [0.1, 0.15) is 6.33 Å². The second-order valence-electron chi connectivity index (χ2n) is 4.62. The van der Waals surface area contributed by atoms with Gasteiger partial charge in [0.25, 0.3) is 0 Å². The van der Waals surface area contributed by atoms with Crippen LogP contribution in [0.25, 0.3) is 5.69 Å². The number of aromatic nitrogens is 4. The van der Waals surface area contributed by atoms with E-state index in [1.807, 2.05) is 18.3 Å². The highest BCUT2D eigenvalue weighted by Gasteiger charge is 2.04. The van der Waals surface area contributed by atoms with Gasteiger partial charge in [-0.25, -0.2) is 4.68 Å². The number of hydrogen-bond donors (Lipinski definition) is 1. The number of nitrogens with one attached hydrogen (secondary N) is 1. The monoisotopic (exact) mass is 285 g/mol. The molecule has 0 radical (unpaired) electrons. The van der Waals surface area contributed by atoms with E-state index in [9.17, 15) is 0 Å². The zero-order valence-corrected chi connectivity index (χ0v) is 12.2. The van der Waals surface area contributed by atoms with E-state index < -0.39 is 0 Å². The Morgan fingerprint density at radius 2 is 2.10 bits per heavy atom. The molecular formula is C14H15N5S. The fraction of sp³-hybridized carbons (Fsp3) is 0.214. The molecule has 0 amide bonds. The minimum Gasteiger partial charge on any atom is -0.380 e. The molecule has 0 aliphatic rings. The zero-order chi connectivity index (χ0) is 13.9. The van der Waals surface area contributed by atoms with Gasteiger partial charge in [-0.2, -0.15) is 0 Å². The van der Waals surface area contributed by atoms with Crippen LogP contribution in [0.2, 0.25) is 0 Å². The molecule has 3 rings (SSSR count). The Morgan fingerprint density at radius 3 is 2.80 bits per heavy atom. The fourth-order valence-corrected chi connectivity index (χ4v) is 2.84. The zero-order valence-electron chi connectivity index (χ0n) is 11.4. The van der Waals surface area contributed by atoms with E-state index in [1.165, 1.54) is 9.75 Å². The number of rotatable bonds is 4. The molecule has 0 unspecified atom stereocenters. The third kappa shape index (κ3) is 2.70. The highest BCUT2D eigenvalue weighted by atomic mass is 32.1. The third-order valence-electron chi connectivity index (χ3n) is 3.07. The van der Waals surface area contributed by atoms with Gasteiger partial charge in [0.15, 0.2) is 0 Å². The summed E-state index contributed by atoms with van der Waals surface area (Å²) in [7, 11) is 0. The average Bonchev–Trinajstić information content (AvgIpc) is 3.09. The molecule has 20 heavy (non-hydrogen) atoms. The average molecular weight is 285 g/mol. The van der Waals surface area contributed by atoms with Gasteiger partial charge in [-0.1, -0.05) is 6.07 Å². The summed E-state index contributed by atoms with van der Waals surface area (Å²) >= 11 is 1.81. The molecule has 0 saturated heterocycles. The van der Waals surface area contributed by atoms with Crippen molar-refractivity contribution in [2.45, 2.75) is 20.4 Å². The predicted molar refractivity (Wildman–Crippen MR) is 80.3 cm³/mol. The van der Waals surface area contributed by atoms with Crippen molar-refractivity contribution in [1.82, 2.24) is 20.2 Å². The molecule has 1 N–H and O–H groups in total. The van der Waals surface area contributed by atoms with Gasteiger partial charge in [0.05, 0.1) is 5.69 Å². The van der Waals surface area contributed by atoms with Gasteiger partial charge in [0.2, 0.25) is 0 Å². The van der Waals surface area contributed by atoms with Gasteiger partial charge in [0, 0.05) is 22.0 Å². The highest BCUT2D eigenvalue weighted by molar-refractivity contribution is 7.11. The Morgan fingerprint density at radius 1 is 1.20 bits per heavy atom. The van der Waals surface area contributed by atoms with E-state index >= 15 is 0 Å². The summed E-state index contributed by atoms with van der Waals surface area (Å²) in [5, 5.41) is 14.7. The van der Waals surface area contributed by atoms with Crippen molar-refractivity contribution in [3.63, 3.8) is 0 Å². The Balaban J connectivity index is 1.79. The van der Waals surface area contributed by atoms with Gasteiger partial charge < -0.3 is 5.32 Å². The van der Waals surface area contributed by atoms with Crippen LogP contribution in [-0.2, 0) is 6.54 Å². The Labute approximate surface area is 121 Å². The highest BCUT2D eigenvalue weighted by Crippen LogP contribution is 2.20. The van der Waals surface area contributed by atoms with Gasteiger partial charge in [-0.05, 0) is 54.1 Å². The first kappa shape index (κ1) is 12.8. The normalized spacial score (nSPS) is 10.7. The van der Waals surface area contributed by atoms with Crippen molar-refractivity contribution in [3.8, 4) is 5.69 Å². The van der Waals surface area contributed by atoms with Crippen molar-refractivity contribution in [2.75, 3.05) is 5.32 Å². The van der Waals surface area contributed by atoms with E-state index in [2.05, 4.69) is 58.1 Å². The second-order valence-corrected chi connectivity index (χ2v) is 5.99. The molecular weight excluding hydrogens is 270 g/mol. The minimum atomic E-state index is 0.830. The number of benzene rings is 1. The first-order valence-corrected chi connectivity index (χ1v) is 7.17. The van der Waals surface area contributed by atoms with Crippen molar-refractivity contribution >= 4 is 17.0 Å². The predicted octanol–water partition coefficient (Wildman–Crippen LogP) is 2.95. The SMILES string of the molecule is Cc1ccc(CNc2ccc(C)c(-n3cnnn3)c2)s1. The summed E-state index contributed by atoms with van der Waals surface area (Å²) < 4.78 is 1.68. The van der Waals surface area contributed by atoms with E-state index in [0.717, 1.165) is 23.5 Å². The molecule has 2 heterocycles. The molecule has 5 nitrogen and oxygen atoms in total. The van der Waals surface area contributed by atoms with Crippen molar-refractivity contribution in [3.05, 3.63) is 52.0 Å². The number of tetrazole rings is 1. The molecule has 3 aromatic rings. The summed E-state index contributed by atoms with van der Waals surface area (Å²) in [5.74, 6) is 0. The van der Waals surface area contributed by atoms with Crippen LogP contribution in [0.15, 0.2) is 36.7 Å². The number of nitrogens with zero attached hydrogens (tertiary/aromatic N) is 4. The Hall–Kier alpha value is -2.21. The van der Waals surface area contributed by atoms with Crippen molar-refractivity contribution < 1.29 is 0 Å². The number of anilines is 1. The molecule has 0 saturated carbocycles. The Kier molecular flexibility index (Phi) is 3.47. The maximum Gasteiger partial charge on any atom is 0.143 e. The second kappa shape index (κ2) is 5.42. The van der Waals surface area contributed by atoms with Crippen LogP contribution in [0.5, 0.6) is 0 Å². The number of aryl methyl sites for hydroxylation is 2. The smallest absolute Gasteiger partial charge is 0.143 e. The lowest BCUT2D eigenvalue weighted by molar-refractivity contribution is 0.785. The van der Waals surface area contributed by atoms with Crippen LogP contribution >= 0.6 is 11.3 Å². The van der Waals surface area contributed by atoms with E-state index in [0.29, 0.717) is 0 Å². The lowest BCUT2D eigenvalue weighted by atomic mass is 10.2. The van der Waals surface area contributed by atoms with E-state index in [4.69, 9.17) is 0 Å². The van der Waals surface area contributed by atoms with Crippen LogP contribution in [0, 0.1) is 13.8 Å². The molecule has 6 heteroatoms. The lowest BCUT2D eigenvalue weighted by Crippen LogP contribution is -2.02. The topological polar surface area (TPSA) is 55.6 Å². The summed E-state index contributed by atoms with van der Waals surface area (Å²) in [4.78, 5) is 2.66. The maximum atomic E-state index is 3.94. The lowest BCUT2D eigenvalue weighted by Gasteiger charge is -2.09. The maximum absolute atomic E-state index is 3.94. The summed E-state index contributed by atoms with van der Waals surface area (Å²) in [5.41, 5.74) is 3.18. The number of thiophene rings is 1. The molecule has 0 spiro atoms. The largest absolute Gasteiger partial charge is 0.380 e. The molecule has 102 valence electrons. The first-order chi connectivity index (χ1) is 9.72. The molecule has 1 aromatic carbocycles. The minimum absolute atomic E-state index is 0.830. The molecule has 0 aliphatic carbocycles. The van der Waals surface area contributed by atoms with Crippen molar-refractivity contribution in [1.29, 1.82) is 0 Å². The number of hydrogen-bond acceptors (Lipinski definition) is 5. The fourth-order valence-electron chi connectivity index (χ4n) is 2.01. The van der Waals surface area contributed by atoms with Crippen LogP contribution < -0.4 is 5.32 Å². The van der Waals surface area contributed by atoms with Gasteiger partial charge in [-0.3, -0.25) is 0 Å². The summed E-state index contributed by atoms with van der Waals surface area (Å²) in [6.07, 6.45) is 1.61. The molecule has 2 aromatic heterocycles. The van der Waals surface area contributed by atoms with Gasteiger partial charge >= 0.3 is 0 Å². The first-order valence-electron chi connectivity index (χ1n) is 6.35. The van der Waals surface area contributed by atoms with Crippen LogP contribution in [-0.4, -0.2) is 20.2 Å². The molecule has 0 fully saturated rings. The third-order valence-corrected chi connectivity index (χ3v) is 4.07. The standard InChI is InChI=1S/C14H15N5S/c1-10-3-5-12(7-14(10)19-9-16-17-18-19)15-8-13-6-4-11(2)20-13/h3-7,9,15H,8H2,1-2H3. The van der Waals surface area contributed by atoms with Gasteiger partial charge in [-0.15, -0.1) is 16.4 Å². The quantitative estimate of drug-likeness (QED) is 0.800. The van der Waals surface area contributed by atoms with Crippen LogP contribution in [0.4, 0.5) is 5.69 Å². The summed E-state index contributed by atoms with van der Waals surface area (Å²) in [6.45, 7) is 5.00. The van der Waals surface area contributed by atoms with Crippen LogP contribution in [0.3, 0.4) is 0 Å². The summed E-state index contributed by atoms with van der Waals surface area (Å²) in [6, 6.07) is 10.5. The van der Waals surface area contributed by atoms with Crippen LogP contribution in [0.1, 0.15) is 15.3 Å². The Bertz CT molecular complexity index is 702.